The Balaban J connectivity index is 1.80. The molecule has 3 aromatic carbocycles. The fourth-order valence-corrected chi connectivity index (χ4v) is 7.96. The number of nitrogens with one attached hydrogen (secondary N) is 1. The average molecular weight is 601 g/mol. The highest BCUT2D eigenvalue weighted by Gasteiger charge is 2.38. The van der Waals surface area contributed by atoms with Gasteiger partial charge in [-0.3, -0.25) is 0 Å². The van der Waals surface area contributed by atoms with Crippen LogP contribution in [0.25, 0.3) is 21.9 Å². The van der Waals surface area contributed by atoms with Gasteiger partial charge in [-0.25, -0.2) is 13.4 Å². The van der Waals surface area contributed by atoms with Crippen LogP contribution in [0.15, 0.2) is 65.7 Å². The number of aromatic nitrogens is 3. The van der Waals surface area contributed by atoms with Crippen molar-refractivity contribution in [3.05, 3.63) is 94.4 Å². The van der Waals surface area contributed by atoms with E-state index in [-0.39, 0.29) is 18.2 Å². The number of nitriles is 1. The Labute approximate surface area is 247 Å². The number of nitrogens with zero attached hydrogens (tertiary/aromatic N) is 3. The highest BCUT2D eigenvalue weighted by Crippen LogP contribution is 2.42. The zero-order valence-electron chi connectivity index (χ0n) is 24.6. The van der Waals surface area contributed by atoms with Crippen LogP contribution in [0.2, 0.25) is 25.7 Å². The van der Waals surface area contributed by atoms with Crippen LogP contribution in [0, 0.1) is 25.2 Å². The minimum atomic E-state index is -4.05. The Morgan fingerprint density at radius 1 is 1.10 bits per heavy atom. The summed E-state index contributed by atoms with van der Waals surface area (Å²) in [5, 5.41) is 19.1. The summed E-state index contributed by atoms with van der Waals surface area (Å²) in [6.45, 7) is 11.1. The Kier molecular flexibility index (Phi) is 8.14. The molecule has 8 nitrogen and oxygen atoms in total. The van der Waals surface area contributed by atoms with Gasteiger partial charge in [0.25, 0.3) is 0 Å². The number of aryl methyl sites for hydroxylation is 2. The lowest BCUT2D eigenvalue weighted by Crippen LogP contribution is -2.24. The number of ether oxygens (including phenoxy) is 1. The van der Waals surface area contributed by atoms with Crippen LogP contribution < -0.4 is 0 Å². The van der Waals surface area contributed by atoms with Crippen molar-refractivity contribution in [3.63, 3.8) is 0 Å². The molecule has 0 amide bonds. The zero-order chi connectivity index (χ0) is 30.2. The van der Waals surface area contributed by atoms with E-state index in [0.717, 1.165) is 17.2 Å². The smallest absolute Gasteiger partial charge is 0.192 e. The molecule has 1 atom stereocenters. The van der Waals surface area contributed by atoms with Gasteiger partial charge in [0.2, 0.25) is 0 Å². The summed E-state index contributed by atoms with van der Waals surface area (Å²) in [5.74, 6) is 0.316. The van der Waals surface area contributed by atoms with Gasteiger partial charge in [-0.05, 0) is 67.4 Å². The van der Waals surface area contributed by atoms with Crippen molar-refractivity contribution < 1.29 is 18.3 Å². The third-order valence-corrected chi connectivity index (χ3v) is 11.3. The highest BCUT2D eigenvalue weighted by molar-refractivity contribution is 7.92. The van der Waals surface area contributed by atoms with E-state index >= 15 is 0 Å². The van der Waals surface area contributed by atoms with Gasteiger partial charge in [-0.15, -0.1) is 0 Å². The number of rotatable bonds is 10. The normalized spacial score (nSPS) is 13.1. The van der Waals surface area contributed by atoms with Crippen LogP contribution in [-0.4, -0.2) is 42.7 Å². The summed E-state index contributed by atoms with van der Waals surface area (Å²) in [6.07, 6.45) is 1.75. The van der Waals surface area contributed by atoms with Crippen LogP contribution >= 0.6 is 0 Å². The third kappa shape index (κ3) is 5.65. The van der Waals surface area contributed by atoms with Gasteiger partial charge in [0.15, 0.2) is 9.84 Å². The molecule has 0 fully saturated rings. The number of fused-ring (bicyclic) bond motifs is 2. The first-order valence-electron chi connectivity index (χ1n) is 13.9. The Bertz CT molecular complexity index is 1910. The van der Waals surface area contributed by atoms with Crippen molar-refractivity contribution in [1.29, 1.82) is 5.26 Å². The summed E-state index contributed by atoms with van der Waals surface area (Å²) in [5.41, 5.74) is 5.29. The summed E-state index contributed by atoms with van der Waals surface area (Å²) >= 11 is 0. The maximum Gasteiger partial charge on any atom is 0.192 e. The maximum absolute atomic E-state index is 14.7. The molecule has 0 bridgehead atoms. The Morgan fingerprint density at radius 2 is 1.83 bits per heavy atom. The number of H-pyrrole nitrogens is 1. The standard InChI is InChI=1S/C32H36N4O4SSi/c1-21-6-9-25(10-7-21)41(38,39)31(29-22(2)16-24(19-37)30-26(29)12-13-34-30)32-35-27-17-23(18-33)8-11-28(27)36(32)20-40-14-15-42(3,4)5/h6-13,16-17,31,34,37H,14-15,19-20H2,1-5H3. The van der Waals surface area contributed by atoms with Crippen LogP contribution in [0.5, 0.6) is 0 Å². The molecular formula is C32H36N4O4SSi. The molecule has 5 aromatic rings. The number of imidazole rings is 1. The zero-order valence-corrected chi connectivity index (χ0v) is 26.4. The van der Waals surface area contributed by atoms with Crippen molar-refractivity contribution in [2.75, 3.05) is 6.61 Å². The first kappa shape index (κ1) is 29.7. The maximum atomic E-state index is 14.7. The van der Waals surface area contributed by atoms with Crippen molar-refractivity contribution in [3.8, 4) is 6.07 Å². The largest absolute Gasteiger partial charge is 0.392 e. The molecule has 42 heavy (non-hydrogen) atoms. The molecule has 5 rings (SSSR count). The van der Waals surface area contributed by atoms with Gasteiger partial charge < -0.3 is 19.4 Å². The molecule has 0 aliphatic heterocycles. The average Bonchev–Trinajstić information content (AvgIpc) is 3.56. The molecule has 0 saturated heterocycles. The highest BCUT2D eigenvalue weighted by atomic mass is 32.2. The van der Waals surface area contributed by atoms with Gasteiger partial charge >= 0.3 is 0 Å². The lowest BCUT2D eigenvalue weighted by atomic mass is 9.97. The minimum absolute atomic E-state index is 0.117. The third-order valence-electron chi connectivity index (χ3n) is 7.62. The lowest BCUT2D eigenvalue weighted by molar-refractivity contribution is 0.0880. The first-order chi connectivity index (χ1) is 19.9. The van der Waals surface area contributed by atoms with Crippen molar-refractivity contribution in [2.45, 2.75) is 63.0 Å². The van der Waals surface area contributed by atoms with E-state index in [0.29, 0.717) is 51.1 Å². The number of aliphatic hydroxyl groups is 1. The number of hydrogen-bond acceptors (Lipinski definition) is 6. The predicted octanol–water partition coefficient (Wildman–Crippen LogP) is 6.37. The Hall–Kier alpha value is -3.75. The second-order valence-corrected chi connectivity index (χ2v) is 19.6. The van der Waals surface area contributed by atoms with Crippen molar-refractivity contribution >= 4 is 39.8 Å². The summed E-state index contributed by atoms with van der Waals surface area (Å²) < 4.78 is 37.5. The molecule has 0 spiro atoms. The van der Waals surface area contributed by atoms with E-state index < -0.39 is 23.2 Å². The fourth-order valence-electron chi connectivity index (χ4n) is 5.33. The molecule has 2 heterocycles. The van der Waals surface area contributed by atoms with Gasteiger partial charge in [0, 0.05) is 31.8 Å². The molecule has 0 radical (unpaired) electrons. The SMILES string of the molecule is Cc1ccc(S(=O)(=O)C(c2c(C)cc(CO)c3[nH]ccc23)c2nc3cc(C#N)ccc3n2COCC[Si](C)(C)C)cc1. The summed E-state index contributed by atoms with van der Waals surface area (Å²) in [6, 6.07) is 18.8. The number of sulfone groups is 1. The van der Waals surface area contributed by atoms with E-state index in [9.17, 15) is 18.8 Å². The van der Waals surface area contributed by atoms with E-state index in [1.54, 1.807) is 48.7 Å². The van der Waals surface area contributed by atoms with Crippen LogP contribution in [0.4, 0.5) is 0 Å². The van der Waals surface area contributed by atoms with Crippen LogP contribution in [-0.2, 0) is 27.9 Å². The molecule has 0 aliphatic carbocycles. The molecule has 1 unspecified atom stereocenters. The second-order valence-electron chi connectivity index (χ2n) is 12.0. The number of hydrogen-bond donors (Lipinski definition) is 2. The van der Waals surface area contributed by atoms with E-state index in [4.69, 9.17) is 9.72 Å². The van der Waals surface area contributed by atoms with Crippen molar-refractivity contribution in [1.82, 2.24) is 14.5 Å². The fraction of sp³-hybridized carbons (Fsp3) is 0.312. The van der Waals surface area contributed by atoms with Gasteiger partial charge in [-0.2, -0.15) is 5.26 Å². The minimum Gasteiger partial charge on any atom is -0.392 e. The number of aromatic amines is 1. The molecule has 0 saturated carbocycles. The molecular weight excluding hydrogens is 565 g/mol. The predicted molar refractivity (Wildman–Crippen MR) is 168 cm³/mol. The lowest BCUT2D eigenvalue weighted by Gasteiger charge is -2.23. The van der Waals surface area contributed by atoms with E-state index in [1.807, 2.05) is 30.5 Å². The van der Waals surface area contributed by atoms with Crippen molar-refractivity contribution in [2.24, 2.45) is 0 Å². The van der Waals surface area contributed by atoms with E-state index in [1.165, 1.54) is 0 Å². The molecule has 2 aromatic heterocycles. The Morgan fingerprint density at radius 3 is 2.50 bits per heavy atom. The van der Waals surface area contributed by atoms with Gasteiger partial charge in [0.05, 0.1) is 39.7 Å². The molecule has 2 N–H and O–H groups in total. The topological polar surface area (TPSA) is 121 Å². The first-order valence-corrected chi connectivity index (χ1v) is 19.2. The quantitative estimate of drug-likeness (QED) is 0.142. The molecule has 0 aliphatic rings. The second kappa shape index (κ2) is 11.5. The van der Waals surface area contributed by atoms with E-state index in [2.05, 4.69) is 30.7 Å². The monoisotopic (exact) mass is 600 g/mol. The van der Waals surface area contributed by atoms with Crippen LogP contribution in [0.1, 0.15) is 38.9 Å². The van der Waals surface area contributed by atoms with Gasteiger partial charge in [-0.1, -0.05) is 43.4 Å². The van der Waals surface area contributed by atoms with Gasteiger partial charge in [0.1, 0.15) is 17.8 Å². The summed E-state index contributed by atoms with van der Waals surface area (Å²) in [7, 11) is -5.41. The summed E-state index contributed by atoms with van der Waals surface area (Å²) in [4.78, 5) is 8.28. The molecule has 10 heteroatoms. The molecule has 218 valence electrons. The number of aliphatic hydroxyl groups excluding tert-OH is 1. The van der Waals surface area contributed by atoms with Crippen LogP contribution in [0.3, 0.4) is 0 Å². The number of benzene rings is 3.